The van der Waals surface area contributed by atoms with Gasteiger partial charge < -0.3 is 4.90 Å². The molecule has 1 amide bonds. The molecular formula is C15H19Br2NO. The Morgan fingerprint density at radius 3 is 2.63 bits per heavy atom. The maximum absolute atomic E-state index is 12.6. The summed E-state index contributed by atoms with van der Waals surface area (Å²) in [5.74, 6) is 0.695. The molecule has 2 unspecified atom stereocenters. The van der Waals surface area contributed by atoms with Crippen molar-refractivity contribution in [2.24, 2.45) is 5.92 Å². The number of amides is 1. The molecule has 1 aliphatic carbocycles. The third kappa shape index (κ3) is 3.40. The van der Waals surface area contributed by atoms with Crippen LogP contribution in [0.1, 0.15) is 43.0 Å². The Hall–Kier alpha value is -0.350. The molecule has 1 aromatic carbocycles. The zero-order valence-corrected chi connectivity index (χ0v) is 14.5. The van der Waals surface area contributed by atoms with Crippen LogP contribution in [0.15, 0.2) is 27.1 Å². The van der Waals surface area contributed by atoms with E-state index in [1.165, 1.54) is 19.3 Å². The van der Waals surface area contributed by atoms with Crippen LogP contribution >= 0.6 is 31.9 Å². The molecule has 0 saturated heterocycles. The second-order valence-corrected chi connectivity index (χ2v) is 7.14. The van der Waals surface area contributed by atoms with Crippen LogP contribution in [0.5, 0.6) is 0 Å². The average molecular weight is 389 g/mol. The van der Waals surface area contributed by atoms with Crippen molar-refractivity contribution in [3.8, 4) is 0 Å². The van der Waals surface area contributed by atoms with Gasteiger partial charge in [0.15, 0.2) is 0 Å². The molecule has 2 atom stereocenters. The summed E-state index contributed by atoms with van der Waals surface area (Å²) in [6, 6.07) is 6.10. The SMILES string of the molecule is CC1CCCCC1N(C)C(=O)c1cc(Br)ccc1Br. The van der Waals surface area contributed by atoms with Gasteiger partial charge in [0.1, 0.15) is 0 Å². The van der Waals surface area contributed by atoms with Gasteiger partial charge in [-0.05, 0) is 52.9 Å². The summed E-state index contributed by atoms with van der Waals surface area (Å²) < 4.78 is 1.79. The predicted octanol–water partition coefficient (Wildman–Crippen LogP) is 4.86. The molecule has 2 nitrogen and oxygen atoms in total. The monoisotopic (exact) mass is 387 g/mol. The lowest BCUT2D eigenvalue weighted by molar-refractivity contribution is 0.0628. The molecule has 2 rings (SSSR count). The van der Waals surface area contributed by atoms with Crippen LogP contribution in [0.25, 0.3) is 0 Å². The Balaban J connectivity index is 2.20. The van der Waals surface area contributed by atoms with Crippen LogP contribution in [0, 0.1) is 5.92 Å². The molecule has 1 aromatic rings. The van der Waals surface area contributed by atoms with Crippen molar-refractivity contribution in [3.05, 3.63) is 32.7 Å². The smallest absolute Gasteiger partial charge is 0.255 e. The topological polar surface area (TPSA) is 20.3 Å². The number of rotatable bonds is 2. The van der Waals surface area contributed by atoms with Crippen molar-refractivity contribution in [1.82, 2.24) is 4.90 Å². The van der Waals surface area contributed by atoms with E-state index in [1.807, 2.05) is 30.1 Å². The van der Waals surface area contributed by atoms with E-state index in [-0.39, 0.29) is 5.91 Å². The maximum atomic E-state index is 12.6. The summed E-state index contributed by atoms with van der Waals surface area (Å²) in [7, 11) is 1.93. The minimum absolute atomic E-state index is 0.104. The first-order valence-electron chi connectivity index (χ1n) is 6.73. The molecule has 0 spiro atoms. The fourth-order valence-electron chi connectivity index (χ4n) is 2.87. The van der Waals surface area contributed by atoms with E-state index in [9.17, 15) is 4.79 Å². The lowest BCUT2D eigenvalue weighted by Crippen LogP contribution is -2.42. The van der Waals surface area contributed by atoms with Gasteiger partial charge in [0.05, 0.1) is 5.56 Å². The largest absolute Gasteiger partial charge is 0.338 e. The van der Waals surface area contributed by atoms with E-state index < -0.39 is 0 Å². The summed E-state index contributed by atoms with van der Waals surface area (Å²) in [5.41, 5.74) is 0.731. The van der Waals surface area contributed by atoms with Crippen molar-refractivity contribution in [2.45, 2.75) is 38.6 Å². The first-order chi connectivity index (χ1) is 9.00. The van der Waals surface area contributed by atoms with E-state index in [2.05, 4.69) is 38.8 Å². The lowest BCUT2D eigenvalue weighted by Gasteiger charge is -2.36. The number of nitrogens with zero attached hydrogens (tertiary/aromatic N) is 1. The quantitative estimate of drug-likeness (QED) is 0.708. The van der Waals surface area contributed by atoms with Crippen LogP contribution in [-0.4, -0.2) is 23.9 Å². The van der Waals surface area contributed by atoms with E-state index in [4.69, 9.17) is 0 Å². The molecule has 0 bridgehead atoms. The van der Waals surface area contributed by atoms with Crippen molar-refractivity contribution >= 4 is 37.8 Å². The predicted molar refractivity (Wildman–Crippen MR) is 85.4 cm³/mol. The van der Waals surface area contributed by atoms with E-state index in [0.717, 1.165) is 20.9 Å². The summed E-state index contributed by atoms with van der Waals surface area (Å²) >= 11 is 6.90. The van der Waals surface area contributed by atoms with Gasteiger partial charge in [-0.25, -0.2) is 0 Å². The van der Waals surface area contributed by atoms with E-state index >= 15 is 0 Å². The van der Waals surface area contributed by atoms with Crippen LogP contribution in [-0.2, 0) is 0 Å². The first kappa shape index (κ1) is 15.0. The van der Waals surface area contributed by atoms with Gasteiger partial charge in [0.2, 0.25) is 0 Å². The van der Waals surface area contributed by atoms with Crippen LogP contribution in [0.3, 0.4) is 0 Å². The fourth-order valence-corrected chi connectivity index (χ4v) is 3.65. The highest BCUT2D eigenvalue weighted by molar-refractivity contribution is 9.11. The van der Waals surface area contributed by atoms with Crippen LogP contribution in [0.4, 0.5) is 0 Å². The van der Waals surface area contributed by atoms with Gasteiger partial charge in [-0.1, -0.05) is 35.7 Å². The Bertz CT molecular complexity index is 475. The van der Waals surface area contributed by atoms with E-state index in [1.54, 1.807) is 0 Å². The Morgan fingerprint density at radius 1 is 1.26 bits per heavy atom. The third-order valence-electron chi connectivity index (χ3n) is 4.04. The average Bonchev–Trinajstić information content (AvgIpc) is 2.40. The molecule has 0 aliphatic heterocycles. The van der Waals surface area contributed by atoms with Crippen molar-refractivity contribution in [1.29, 1.82) is 0 Å². The summed E-state index contributed by atoms with van der Waals surface area (Å²) in [4.78, 5) is 14.6. The molecule has 0 heterocycles. The Morgan fingerprint density at radius 2 is 1.95 bits per heavy atom. The number of hydrogen-bond donors (Lipinski definition) is 0. The minimum Gasteiger partial charge on any atom is -0.338 e. The fraction of sp³-hybridized carbons (Fsp3) is 0.533. The van der Waals surface area contributed by atoms with Gasteiger partial charge in [-0.3, -0.25) is 4.79 Å². The van der Waals surface area contributed by atoms with E-state index in [0.29, 0.717) is 12.0 Å². The first-order valence-corrected chi connectivity index (χ1v) is 8.31. The van der Waals surface area contributed by atoms with Crippen LogP contribution < -0.4 is 0 Å². The normalized spacial score (nSPS) is 23.2. The molecule has 1 aliphatic rings. The second-order valence-electron chi connectivity index (χ2n) is 5.37. The zero-order valence-electron chi connectivity index (χ0n) is 11.3. The molecular weight excluding hydrogens is 370 g/mol. The van der Waals surface area contributed by atoms with Gasteiger partial charge in [-0.2, -0.15) is 0 Å². The van der Waals surface area contributed by atoms with Crippen LogP contribution in [0.2, 0.25) is 0 Å². The summed E-state index contributed by atoms with van der Waals surface area (Å²) in [6.45, 7) is 2.25. The third-order valence-corrected chi connectivity index (χ3v) is 5.23. The number of hydrogen-bond acceptors (Lipinski definition) is 1. The highest BCUT2D eigenvalue weighted by atomic mass is 79.9. The molecule has 19 heavy (non-hydrogen) atoms. The standard InChI is InChI=1S/C15H19Br2NO/c1-10-5-3-4-6-14(10)18(2)15(19)12-9-11(16)7-8-13(12)17/h7-10,14H,3-6H2,1-2H3. The minimum atomic E-state index is 0.104. The second kappa shape index (κ2) is 6.40. The van der Waals surface area contributed by atoms with Crippen molar-refractivity contribution in [3.63, 3.8) is 0 Å². The van der Waals surface area contributed by atoms with Gasteiger partial charge in [0, 0.05) is 22.0 Å². The van der Waals surface area contributed by atoms with Gasteiger partial charge >= 0.3 is 0 Å². The van der Waals surface area contributed by atoms with Crippen molar-refractivity contribution in [2.75, 3.05) is 7.05 Å². The van der Waals surface area contributed by atoms with Crippen molar-refractivity contribution < 1.29 is 4.79 Å². The molecule has 0 N–H and O–H groups in total. The number of benzene rings is 1. The summed E-state index contributed by atoms with van der Waals surface area (Å²) in [6.07, 6.45) is 4.86. The highest BCUT2D eigenvalue weighted by Gasteiger charge is 2.29. The summed E-state index contributed by atoms with van der Waals surface area (Å²) in [5, 5.41) is 0. The molecule has 0 aromatic heterocycles. The zero-order chi connectivity index (χ0) is 14.0. The van der Waals surface area contributed by atoms with Gasteiger partial charge in [0.25, 0.3) is 5.91 Å². The molecule has 104 valence electrons. The molecule has 1 saturated carbocycles. The maximum Gasteiger partial charge on any atom is 0.255 e. The Labute approximate surface area is 131 Å². The molecule has 4 heteroatoms. The number of halogens is 2. The number of carbonyl (C=O) groups excluding carboxylic acids is 1. The molecule has 0 radical (unpaired) electrons. The van der Waals surface area contributed by atoms with Gasteiger partial charge in [-0.15, -0.1) is 0 Å². The lowest BCUT2D eigenvalue weighted by atomic mass is 9.85. The molecule has 1 fully saturated rings. The highest BCUT2D eigenvalue weighted by Crippen LogP contribution is 2.30. The number of carbonyl (C=O) groups is 1. The Kier molecular flexibility index (Phi) is 5.07.